The Morgan fingerprint density at radius 1 is 1.16 bits per heavy atom. The Bertz CT molecular complexity index is 712. The molecule has 1 aromatic heterocycles. The van der Waals surface area contributed by atoms with Gasteiger partial charge >= 0.3 is 0 Å². The molecule has 19 heavy (non-hydrogen) atoms. The maximum atomic E-state index is 12.2. The number of nitrogens with zero attached hydrogens (tertiary/aromatic N) is 1. The molecule has 100 valence electrons. The standard InChI is InChI=1S/C13H15N3O2S/c1-9-5-6-11(8-10(9)2)19(17,18)16-13-12(14)4-3-7-15-13/h3-8H,14H2,1-2H3,(H,15,16). The van der Waals surface area contributed by atoms with E-state index in [4.69, 9.17) is 5.73 Å². The minimum Gasteiger partial charge on any atom is -0.396 e. The molecule has 6 heteroatoms. The van der Waals surface area contributed by atoms with E-state index in [9.17, 15) is 8.42 Å². The number of sulfonamides is 1. The fraction of sp³-hybridized carbons (Fsp3) is 0.154. The van der Waals surface area contributed by atoms with Gasteiger partial charge < -0.3 is 5.73 Å². The van der Waals surface area contributed by atoms with Crippen LogP contribution in [0.2, 0.25) is 0 Å². The van der Waals surface area contributed by atoms with Crippen molar-refractivity contribution in [2.45, 2.75) is 18.7 Å². The van der Waals surface area contributed by atoms with E-state index in [0.29, 0.717) is 0 Å². The molecule has 0 spiro atoms. The molecule has 0 radical (unpaired) electrons. The van der Waals surface area contributed by atoms with Gasteiger partial charge in [0.05, 0.1) is 10.6 Å². The van der Waals surface area contributed by atoms with Crippen LogP contribution in [0.1, 0.15) is 11.1 Å². The van der Waals surface area contributed by atoms with Crippen LogP contribution in [0, 0.1) is 13.8 Å². The number of benzene rings is 1. The smallest absolute Gasteiger partial charge is 0.263 e. The lowest BCUT2D eigenvalue weighted by Crippen LogP contribution is -2.15. The van der Waals surface area contributed by atoms with Crippen LogP contribution in [0.3, 0.4) is 0 Å². The van der Waals surface area contributed by atoms with Gasteiger partial charge in [0.2, 0.25) is 0 Å². The molecule has 0 saturated heterocycles. The normalized spacial score (nSPS) is 11.3. The van der Waals surface area contributed by atoms with Crippen molar-refractivity contribution in [1.29, 1.82) is 0 Å². The summed E-state index contributed by atoms with van der Waals surface area (Å²) >= 11 is 0. The van der Waals surface area contributed by atoms with Crippen molar-refractivity contribution < 1.29 is 8.42 Å². The van der Waals surface area contributed by atoms with Gasteiger partial charge in [-0.2, -0.15) is 0 Å². The highest BCUT2D eigenvalue weighted by atomic mass is 32.2. The molecule has 0 bridgehead atoms. The van der Waals surface area contributed by atoms with E-state index >= 15 is 0 Å². The van der Waals surface area contributed by atoms with Gasteiger partial charge in [0.25, 0.3) is 10.0 Å². The lowest BCUT2D eigenvalue weighted by atomic mass is 10.1. The highest BCUT2D eigenvalue weighted by molar-refractivity contribution is 7.92. The maximum Gasteiger partial charge on any atom is 0.263 e. The number of nitrogen functional groups attached to an aromatic ring is 1. The van der Waals surface area contributed by atoms with Gasteiger partial charge in [-0.05, 0) is 49.2 Å². The molecule has 0 aliphatic rings. The van der Waals surface area contributed by atoms with Gasteiger partial charge in [-0.3, -0.25) is 4.72 Å². The Morgan fingerprint density at radius 2 is 1.89 bits per heavy atom. The van der Waals surface area contributed by atoms with Crippen LogP contribution in [0.15, 0.2) is 41.4 Å². The average molecular weight is 277 g/mol. The minimum atomic E-state index is -3.67. The number of hydrogen-bond acceptors (Lipinski definition) is 4. The monoisotopic (exact) mass is 277 g/mol. The third-order valence-corrected chi connectivity index (χ3v) is 4.20. The molecule has 0 fully saturated rings. The summed E-state index contributed by atoms with van der Waals surface area (Å²) in [5.41, 5.74) is 7.91. The van der Waals surface area contributed by atoms with Gasteiger partial charge in [-0.25, -0.2) is 13.4 Å². The Morgan fingerprint density at radius 3 is 2.53 bits per heavy atom. The molecule has 3 N–H and O–H groups in total. The second kappa shape index (κ2) is 4.89. The second-order valence-corrected chi connectivity index (χ2v) is 5.98. The van der Waals surface area contributed by atoms with Gasteiger partial charge in [0.1, 0.15) is 0 Å². The van der Waals surface area contributed by atoms with Gasteiger partial charge in [0, 0.05) is 6.20 Å². The van der Waals surface area contributed by atoms with Crippen molar-refractivity contribution >= 4 is 21.5 Å². The van der Waals surface area contributed by atoms with Crippen molar-refractivity contribution in [3.05, 3.63) is 47.7 Å². The van der Waals surface area contributed by atoms with Crippen LogP contribution >= 0.6 is 0 Å². The number of hydrogen-bond donors (Lipinski definition) is 2. The Kier molecular flexibility index (Phi) is 3.44. The van der Waals surface area contributed by atoms with Crippen LogP contribution < -0.4 is 10.5 Å². The number of anilines is 2. The van der Waals surface area contributed by atoms with Crippen LogP contribution in [0.4, 0.5) is 11.5 Å². The molecule has 1 heterocycles. The van der Waals surface area contributed by atoms with E-state index in [2.05, 4.69) is 9.71 Å². The Hall–Kier alpha value is -2.08. The Labute approximate surface area is 112 Å². The molecule has 0 amide bonds. The highest BCUT2D eigenvalue weighted by Gasteiger charge is 2.16. The largest absolute Gasteiger partial charge is 0.396 e. The van der Waals surface area contributed by atoms with Crippen LogP contribution in [0.25, 0.3) is 0 Å². The topological polar surface area (TPSA) is 85.1 Å². The fourth-order valence-corrected chi connectivity index (χ4v) is 2.69. The van der Waals surface area contributed by atoms with Crippen molar-refractivity contribution in [2.24, 2.45) is 0 Å². The first kappa shape index (κ1) is 13.4. The summed E-state index contributed by atoms with van der Waals surface area (Å²) in [6.45, 7) is 3.79. The summed E-state index contributed by atoms with van der Waals surface area (Å²) in [5, 5.41) is 0. The quantitative estimate of drug-likeness (QED) is 0.899. The van der Waals surface area contributed by atoms with Gasteiger partial charge in [0.15, 0.2) is 5.82 Å². The summed E-state index contributed by atoms with van der Waals surface area (Å²) in [6, 6.07) is 8.18. The summed E-state index contributed by atoms with van der Waals surface area (Å²) in [5.74, 6) is 0.140. The number of aryl methyl sites for hydroxylation is 2. The molecule has 0 unspecified atom stereocenters. The van der Waals surface area contributed by atoms with Crippen molar-refractivity contribution in [2.75, 3.05) is 10.5 Å². The molecule has 0 aliphatic carbocycles. The first-order valence-electron chi connectivity index (χ1n) is 5.71. The van der Waals surface area contributed by atoms with E-state index in [0.717, 1.165) is 11.1 Å². The van der Waals surface area contributed by atoms with E-state index in [-0.39, 0.29) is 16.4 Å². The molecule has 2 aromatic rings. The zero-order valence-electron chi connectivity index (χ0n) is 10.7. The third kappa shape index (κ3) is 2.85. The summed E-state index contributed by atoms with van der Waals surface area (Å²) < 4.78 is 26.8. The van der Waals surface area contributed by atoms with Crippen molar-refractivity contribution in [3.63, 3.8) is 0 Å². The van der Waals surface area contributed by atoms with Crippen LogP contribution in [0.5, 0.6) is 0 Å². The maximum absolute atomic E-state index is 12.2. The highest BCUT2D eigenvalue weighted by Crippen LogP contribution is 2.20. The van der Waals surface area contributed by atoms with E-state index in [1.165, 1.54) is 6.20 Å². The lowest BCUT2D eigenvalue weighted by molar-refractivity contribution is 0.601. The number of rotatable bonds is 3. The summed E-state index contributed by atoms with van der Waals surface area (Å²) in [4.78, 5) is 4.11. The predicted octanol–water partition coefficient (Wildman–Crippen LogP) is 2.08. The van der Waals surface area contributed by atoms with Crippen LogP contribution in [-0.2, 0) is 10.0 Å². The van der Waals surface area contributed by atoms with Gasteiger partial charge in [-0.15, -0.1) is 0 Å². The molecule has 2 rings (SSSR count). The van der Waals surface area contributed by atoms with E-state index in [1.54, 1.807) is 30.3 Å². The molecule has 0 saturated carbocycles. The van der Waals surface area contributed by atoms with Crippen molar-refractivity contribution in [1.82, 2.24) is 4.98 Å². The van der Waals surface area contributed by atoms with E-state index in [1.807, 2.05) is 13.8 Å². The SMILES string of the molecule is Cc1ccc(S(=O)(=O)Nc2ncccc2N)cc1C. The number of pyridine rings is 1. The molecule has 0 atom stereocenters. The second-order valence-electron chi connectivity index (χ2n) is 4.29. The summed E-state index contributed by atoms with van der Waals surface area (Å²) in [6.07, 6.45) is 1.48. The predicted molar refractivity (Wildman–Crippen MR) is 75.4 cm³/mol. The first-order valence-corrected chi connectivity index (χ1v) is 7.19. The van der Waals surface area contributed by atoms with E-state index < -0.39 is 10.0 Å². The minimum absolute atomic E-state index is 0.140. The number of aromatic nitrogens is 1. The van der Waals surface area contributed by atoms with Crippen molar-refractivity contribution in [3.8, 4) is 0 Å². The van der Waals surface area contributed by atoms with Crippen LogP contribution in [-0.4, -0.2) is 13.4 Å². The van der Waals surface area contributed by atoms with Gasteiger partial charge in [-0.1, -0.05) is 6.07 Å². The average Bonchev–Trinajstić information content (AvgIpc) is 2.35. The zero-order valence-corrected chi connectivity index (χ0v) is 11.5. The molecular formula is C13H15N3O2S. The molecular weight excluding hydrogens is 262 g/mol. The molecule has 5 nitrogen and oxygen atoms in total. The zero-order chi connectivity index (χ0) is 14.0. The molecule has 0 aliphatic heterocycles. The number of nitrogens with two attached hydrogens (primary N) is 1. The lowest BCUT2D eigenvalue weighted by Gasteiger charge is -2.10. The first-order chi connectivity index (χ1) is 8.90. The fourth-order valence-electron chi connectivity index (χ4n) is 1.57. The summed E-state index contributed by atoms with van der Waals surface area (Å²) in [7, 11) is -3.67. The Balaban J connectivity index is 2.38. The number of nitrogens with one attached hydrogen (secondary N) is 1. The molecule has 1 aromatic carbocycles. The third-order valence-electron chi connectivity index (χ3n) is 2.86.